The van der Waals surface area contributed by atoms with E-state index in [1.54, 1.807) is 6.20 Å². The first-order chi connectivity index (χ1) is 8.18. The average molecular weight is 235 g/mol. The van der Waals surface area contributed by atoms with E-state index in [0.717, 1.165) is 18.5 Å². The van der Waals surface area contributed by atoms with Crippen LogP contribution in [0, 0.1) is 0 Å². The number of rotatable bonds is 7. The third-order valence-corrected chi connectivity index (χ3v) is 2.36. The average Bonchev–Trinajstić information content (AvgIpc) is 2.30. The normalized spacial score (nSPS) is 10.5. The van der Waals surface area contributed by atoms with Gasteiger partial charge in [-0.1, -0.05) is 19.9 Å². The van der Waals surface area contributed by atoms with Crippen molar-refractivity contribution in [2.75, 3.05) is 13.1 Å². The predicted molar refractivity (Wildman–Crippen MR) is 68.7 cm³/mol. The lowest BCUT2D eigenvalue weighted by Gasteiger charge is -2.08. The van der Waals surface area contributed by atoms with Crippen LogP contribution in [-0.2, 0) is 11.2 Å². The number of amides is 1. The van der Waals surface area contributed by atoms with E-state index in [1.165, 1.54) is 0 Å². The van der Waals surface area contributed by atoms with E-state index in [2.05, 4.69) is 29.5 Å². The van der Waals surface area contributed by atoms with Crippen LogP contribution in [0.1, 0.15) is 25.8 Å². The molecular formula is C13H21N3O. The highest BCUT2D eigenvalue weighted by molar-refractivity contribution is 5.76. The van der Waals surface area contributed by atoms with E-state index < -0.39 is 0 Å². The summed E-state index contributed by atoms with van der Waals surface area (Å²) in [4.78, 5) is 15.5. The van der Waals surface area contributed by atoms with Crippen molar-refractivity contribution in [3.63, 3.8) is 0 Å². The number of hydrogen-bond acceptors (Lipinski definition) is 3. The maximum atomic E-state index is 11.4. The summed E-state index contributed by atoms with van der Waals surface area (Å²) in [6.07, 6.45) is 4.94. The molecule has 1 heterocycles. The molecule has 4 heteroatoms. The molecule has 94 valence electrons. The van der Waals surface area contributed by atoms with Gasteiger partial charge in [0.2, 0.25) is 5.91 Å². The molecule has 0 fully saturated rings. The van der Waals surface area contributed by atoms with Crippen molar-refractivity contribution < 1.29 is 4.79 Å². The standard InChI is InChI=1S/C13H21N3O/c1-11(2)15-9-6-13(17)16-8-5-12-4-3-7-14-10-12/h3-4,7,10-11,15H,5-6,8-9H2,1-2H3,(H,16,17). The Morgan fingerprint density at radius 2 is 2.24 bits per heavy atom. The van der Waals surface area contributed by atoms with Gasteiger partial charge < -0.3 is 10.6 Å². The summed E-state index contributed by atoms with van der Waals surface area (Å²) in [6, 6.07) is 4.35. The molecule has 0 atom stereocenters. The van der Waals surface area contributed by atoms with Gasteiger partial charge in [0.1, 0.15) is 0 Å². The fourth-order valence-electron chi connectivity index (χ4n) is 1.46. The number of nitrogens with zero attached hydrogens (tertiary/aromatic N) is 1. The highest BCUT2D eigenvalue weighted by Crippen LogP contribution is 1.95. The minimum Gasteiger partial charge on any atom is -0.356 e. The molecular weight excluding hydrogens is 214 g/mol. The van der Waals surface area contributed by atoms with Crippen molar-refractivity contribution in [1.82, 2.24) is 15.6 Å². The topological polar surface area (TPSA) is 54.0 Å². The van der Waals surface area contributed by atoms with Crippen LogP contribution in [0.3, 0.4) is 0 Å². The highest BCUT2D eigenvalue weighted by atomic mass is 16.1. The Bertz CT molecular complexity index is 325. The first kappa shape index (κ1) is 13.6. The number of hydrogen-bond donors (Lipinski definition) is 2. The Morgan fingerprint density at radius 1 is 1.41 bits per heavy atom. The Kier molecular flexibility index (Phi) is 6.25. The largest absolute Gasteiger partial charge is 0.356 e. The number of carbonyl (C=O) groups excluding carboxylic acids is 1. The molecule has 0 aliphatic heterocycles. The van der Waals surface area contributed by atoms with Crippen LogP contribution in [0.15, 0.2) is 24.5 Å². The van der Waals surface area contributed by atoms with Crippen LogP contribution in [0.5, 0.6) is 0 Å². The molecule has 0 unspecified atom stereocenters. The van der Waals surface area contributed by atoms with Gasteiger partial charge in [0.15, 0.2) is 0 Å². The van der Waals surface area contributed by atoms with Gasteiger partial charge in [-0.05, 0) is 18.1 Å². The Hall–Kier alpha value is -1.42. The molecule has 0 aliphatic rings. The molecule has 4 nitrogen and oxygen atoms in total. The molecule has 1 aromatic rings. The van der Waals surface area contributed by atoms with Gasteiger partial charge >= 0.3 is 0 Å². The maximum Gasteiger partial charge on any atom is 0.221 e. The lowest BCUT2D eigenvalue weighted by Crippen LogP contribution is -2.31. The first-order valence-corrected chi connectivity index (χ1v) is 6.07. The van der Waals surface area contributed by atoms with Crippen LogP contribution in [0.2, 0.25) is 0 Å². The van der Waals surface area contributed by atoms with E-state index in [4.69, 9.17) is 0 Å². The predicted octanol–water partition coefficient (Wildman–Crippen LogP) is 1.13. The number of aromatic nitrogens is 1. The van der Waals surface area contributed by atoms with Crippen LogP contribution in [0.4, 0.5) is 0 Å². The summed E-state index contributed by atoms with van der Waals surface area (Å²) in [5, 5.41) is 6.11. The third kappa shape index (κ3) is 6.68. The van der Waals surface area contributed by atoms with E-state index in [9.17, 15) is 4.79 Å². The summed E-state index contributed by atoms with van der Waals surface area (Å²) >= 11 is 0. The van der Waals surface area contributed by atoms with E-state index >= 15 is 0 Å². The Morgan fingerprint density at radius 3 is 2.88 bits per heavy atom. The summed E-state index contributed by atoms with van der Waals surface area (Å²) in [6.45, 7) is 5.54. The van der Waals surface area contributed by atoms with Crippen molar-refractivity contribution in [3.8, 4) is 0 Å². The molecule has 17 heavy (non-hydrogen) atoms. The van der Waals surface area contributed by atoms with Gasteiger partial charge in [0.05, 0.1) is 0 Å². The van der Waals surface area contributed by atoms with Gasteiger partial charge in [-0.15, -0.1) is 0 Å². The zero-order valence-electron chi connectivity index (χ0n) is 10.6. The lowest BCUT2D eigenvalue weighted by molar-refractivity contribution is -0.120. The van der Waals surface area contributed by atoms with Gasteiger partial charge in [-0.25, -0.2) is 0 Å². The Balaban J connectivity index is 2.08. The number of pyridine rings is 1. The zero-order valence-corrected chi connectivity index (χ0v) is 10.6. The second-order valence-corrected chi connectivity index (χ2v) is 4.32. The summed E-state index contributed by atoms with van der Waals surface area (Å²) in [7, 11) is 0. The molecule has 2 N–H and O–H groups in total. The molecule has 0 saturated heterocycles. The fourth-order valence-corrected chi connectivity index (χ4v) is 1.46. The summed E-state index contributed by atoms with van der Waals surface area (Å²) in [5.74, 6) is 0.0991. The zero-order chi connectivity index (χ0) is 12.5. The number of nitrogens with one attached hydrogen (secondary N) is 2. The van der Waals surface area contributed by atoms with E-state index in [-0.39, 0.29) is 5.91 Å². The second kappa shape index (κ2) is 7.79. The van der Waals surface area contributed by atoms with Crippen molar-refractivity contribution in [1.29, 1.82) is 0 Å². The summed E-state index contributed by atoms with van der Waals surface area (Å²) < 4.78 is 0. The minimum atomic E-state index is 0.0991. The van der Waals surface area contributed by atoms with Gasteiger partial charge in [-0.2, -0.15) is 0 Å². The van der Waals surface area contributed by atoms with Crippen LogP contribution >= 0.6 is 0 Å². The molecule has 1 amide bonds. The van der Waals surface area contributed by atoms with Gasteiger partial charge in [-0.3, -0.25) is 9.78 Å². The first-order valence-electron chi connectivity index (χ1n) is 6.07. The van der Waals surface area contributed by atoms with Crippen molar-refractivity contribution >= 4 is 5.91 Å². The molecule has 0 bridgehead atoms. The monoisotopic (exact) mass is 235 g/mol. The summed E-state index contributed by atoms with van der Waals surface area (Å²) in [5.41, 5.74) is 1.15. The minimum absolute atomic E-state index is 0.0991. The second-order valence-electron chi connectivity index (χ2n) is 4.32. The molecule has 0 aromatic carbocycles. The van der Waals surface area contributed by atoms with Crippen molar-refractivity contribution in [3.05, 3.63) is 30.1 Å². The number of carbonyl (C=O) groups is 1. The molecule has 0 aliphatic carbocycles. The molecule has 0 radical (unpaired) electrons. The Labute approximate surface area is 103 Å². The van der Waals surface area contributed by atoms with Crippen LogP contribution in [0.25, 0.3) is 0 Å². The SMILES string of the molecule is CC(C)NCCC(=O)NCCc1cccnc1. The van der Waals surface area contributed by atoms with Crippen molar-refractivity contribution in [2.45, 2.75) is 32.7 Å². The molecule has 0 saturated carbocycles. The fraction of sp³-hybridized carbons (Fsp3) is 0.538. The quantitative estimate of drug-likeness (QED) is 0.745. The van der Waals surface area contributed by atoms with Gasteiger partial charge in [0, 0.05) is 37.9 Å². The molecule has 1 rings (SSSR count). The van der Waals surface area contributed by atoms with Gasteiger partial charge in [0.25, 0.3) is 0 Å². The van der Waals surface area contributed by atoms with Crippen LogP contribution < -0.4 is 10.6 Å². The lowest BCUT2D eigenvalue weighted by atomic mass is 10.2. The highest BCUT2D eigenvalue weighted by Gasteiger charge is 2.01. The van der Waals surface area contributed by atoms with Crippen LogP contribution in [-0.4, -0.2) is 30.0 Å². The maximum absolute atomic E-state index is 11.4. The van der Waals surface area contributed by atoms with E-state index in [0.29, 0.717) is 19.0 Å². The third-order valence-electron chi connectivity index (χ3n) is 2.36. The van der Waals surface area contributed by atoms with E-state index in [1.807, 2.05) is 18.3 Å². The molecule has 1 aromatic heterocycles. The smallest absolute Gasteiger partial charge is 0.221 e. The van der Waals surface area contributed by atoms with Crippen molar-refractivity contribution in [2.24, 2.45) is 0 Å². The molecule has 0 spiro atoms.